The van der Waals surface area contributed by atoms with Crippen molar-refractivity contribution in [2.45, 2.75) is 56.8 Å². The van der Waals surface area contributed by atoms with E-state index in [1.54, 1.807) is 0 Å². The number of rotatable bonds is 5. The van der Waals surface area contributed by atoms with Gasteiger partial charge in [-0.05, 0) is 51.0 Å². The Balaban J connectivity index is 1.63. The van der Waals surface area contributed by atoms with Crippen LogP contribution in [0.5, 0.6) is 0 Å². The molecule has 3 heterocycles. The zero-order valence-electron chi connectivity index (χ0n) is 17.7. The number of sulfonamides is 1. The van der Waals surface area contributed by atoms with Crippen LogP contribution in [0.1, 0.15) is 69.2 Å². The average Bonchev–Trinajstić information content (AvgIpc) is 3.44. The molecule has 10 heteroatoms. The molecule has 0 radical (unpaired) electrons. The molecule has 0 spiro atoms. The van der Waals surface area contributed by atoms with Crippen LogP contribution in [0.2, 0.25) is 0 Å². The molecule has 31 heavy (non-hydrogen) atoms. The van der Waals surface area contributed by atoms with Crippen molar-refractivity contribution in [3.63, 3.8) is 0 Å². The Bertz CT molecular complexity index is 1110. The summed E-state index contributed by atoms with van der Waals surface area (Å²) in [6.07, 6.45) is 6.39. The molecule has 1 aliphatic heterocycles. The van der Waals surface area contributed by atoms with Crippen molar-refractivity contribution < 1.29 is 27.2 Å². The number of anilines is 1. The zero-order chi connectivity index (χ0) is 22.2. The number of nitrogens with zero attached hydrogens (tertiary/aromatic N) is 1. The number of nitrogens with one attached hydrogen (secondary N) is 1. The average molecular weight is 467 g/mol. The Morgan fingerprint density at radius 3 is 2.55 bits per heavy atom. The summed E-state index contributed by atoms with van der Waals surface area (Å²) in [6, 6.07) is 1.27. The second-order valence-electron chi connectivity index (χ2n) is 7.86. The van der Waals surface area contributed by atoms with Crippen LogP contribution in [0.4, 0.5) is 5.00 Å². The highest BCUT2D eigenvalue weighted by molar-refractivity contribution is 7.89. The Hall–Kier alpha value is -2.17. The first-order valence-electron chi connectivity index (χ1n) is 10.5. The summed E-state index contributed by atoms with van der Waals surface area (Å²) in [5, 5.41) is 3.18. The van der Waals surface area contributed by atoms with Gasteiger partial charge in [0.15, 0.2) is 5.76 Å². The van der Waals surface area contributed by atoms with Gasteiger partial charge in [-0.3, -0.25) is 4.79 Å². The van der Waals surface area contributed by atoms with Crippen molar-refractivity contribution in [2.75, 3.05) is 25.5 Å². The molecular weight excluding hydrogens is 440 g/mol. The zero-order valence-corrected chi connectivity index (χ0v) is 19.3. The minimum atomic E-state index is -3.70. The molecule has 0 saturated carbocycles. The van der Waals surface area contributed by atoms with Gasteiger partial charge in [-0.25, -0.2) is 13.2 Å². The van der Waals surface area contributed by atoms with Crippen molar-refractivity contribution in [3.8, 4) is 0 Å². The highest BCUT2D eigenvalue weighted by Crippen LogP contribution is 2.38. The molecule has 168 valence electrons. The molecule has 2 aromatic rings. The molecular formula is C21H26N2O6S2. The van der Waals surface area contributed by atoms with E-state index in [1.165, 1.54) is 35.7 Å². The normalized spacial score (nSPS) is 17.2. The SMILES string of the molecule is COC(=O)c1c(NC(=O)c2cc(S(=O)(=O)N3CCCC3)c(C)o2)sc2c1CCCCC2. The summed E-state index contributed by atoms with van der Waals surface area (Å²) in [7, 11) is -2.38. The predicted octanol–water partition coefficient (Wildman–Crippen LogP) is 3.74. The number of amides is 1. The van der Waals surface area contributed by atoms with E-state index in [4.69, 9.17) is 9.15 Å². The third-order valence-corrected chi connectivity index (χ3v) is 9.03. The van der Waals surface area contributed by atoms with Crippen LogP contribution in [0.25, 0.3) is 0 Å². The lowest BCUT2D eigenvalue weighted by Crippen LogP contribution is -2.28. The maximum atomic E-state index is 12.9. The minimum Gasteiger partial charge on any atom is -0.465 e. The Labute approximate surface area is 185 Å². The molecule has 0 unspecified atom stereocenters. The third kappa shape index (κ3) is 4.16. The number of hydrogen-bond acceptors (Lipinski definition) is 7. The van der Waals surface area contributed by atoms with Crippen molar-refractivity contribution in [1.82, 2.24) is 4.31 Å². The van der Waals surface area contributed by atoms with Crippen LogP contribution in [0.15, 0.2) is 15.4 Å². The van der Waals surface area contributed by atoms with Gasteiger partial charge in [0.2, 0.25) is 10.0 Å². The molecule has 0 bridgehead atoms. The Kier molecular flexibility index (Phi) is 6.23. The topological polar surface area (TPSA) is 106 Å². The molecule has 1 amide bonds. The third-order valence-electron chi connectivity index (χ3n) is 5.82. The minimum absolute atomic E-state index is 0.00898. The monoisotopic (exact) mass is 466 g/mol. The van der Waals surface area contributed by atoms with E-state index >= 15 is 0 Å². The van der Waals surface area contributed by atoms with E-state index in [0.717, 1.165) is 55.4 Å². The number of carbonyl (C=O) groups excluding carboxylic acids is 2. The number of furan rings is 1. The fraction of sp³-hybridized carbons (Fsp3) is 0.524. The van der Waals surface area contributed by atoms with Crippen molar-refractivity contribution in [2.24, 2.45) is 0 Å². The molecule has 8 nitrogen and oxygen atoms in total. The van der Waals surface area contributed by atoms with E-state index in [9.17, 15) is 18.0 Å². The van der Waals surface area contributed by atoms with Crippen molar-refractivity contribution in [1.29, 1.82) is 0 Å². The summed E-state index contributed by atoms with van der Waals surface area (Å²) in [5.41, 5.74) is 1.34. The molecule has 1 fully saturated rings. The van der Waals surface area contributed by atoms with E-state index in [2.05, 4.69) is 5.32 Å². The second kappa shape index (κ2) is 8.76. The van der Waals surface area contributed by atoms with Gasteiger partial charge in [-0.1, -0.05) is 6.42 Å². The first kappa shape index (κ1) is 22.0. The van der Waals surface area contributed by atoms with Crippen LogP contribution in [0.3, 0.4) is 0 Å². The fourth-order valence-corrected chi connectivity index (χ4v) is 7.16. The number of thiophene rings is 1. The number of methoxy groups -OCH3 is 1. The van der Waals surface area contributed by atoms with E-state index in [0.29, 0.717) is 23.7 Å². The number of carbonyl (C=O) groups is 2. The van der Waals surface area contributed by atoms with Crippen molar-refractivity contribution >= 4 is 38.2 Å². The molecule has 4 rings (SSSR count). The summed E-state index contributed by atoms with van der Waals surface area (Å²) < 4.78 is 37.6. The molecule has 1 saturated heterocycles. The standard InChI is InChI=1S/C21H26N2O6S2/c1-13-17(31(26,27)23-10-6-7-11-23)12-15(29-13)19(24)22-20-18(21(25)28-2)14-8-4-3-5-9-16(14)30-20/h12H,3-11H2,1-2H3,(H,22,24). The number of fused-ring (bicyclic) bond motifs is 1. The largest absolute Gasteiger partial charge is 0.465 e. The van der Waals surface area contributed by atoms with E-state index < -0.39 is 21.9 Å². The van der Waals surface area contributed by atoms with Crippen LogP contribution >= 0.6 is 11.3 Å². The predicted molar refractivity (Wildman–Crippen MR) is 116 cm³/mol. The lowest BCUT2D eigenvalue weighted by atomic mass is 10.1. The van der Waals surface area contributed by atoms with Gasteiger partial charge >= 0.3 is 5.97 Å². The lowest BCUT2D eigenvalue weighted by molar-refractivity contribution is 0.0601. The molecule has 2 aliphatic rings. The summed E-state index contributed by atoms with van der Waals surface area (Å²) >= 11 is 1.38. The van der Waals surface area contributed by atoms with Gasteiger partial charge in [0.05, 0.1) is 12.7 Å². The summed E-state index contributed by atoms with van der Waals surface area (Å²) in [6.45, 7) is 2.47. The molecule has 0 aromatic carbocycles. The molecule has 0 atom stereocenters. The maximum Gasteiger partial charge on any atom is 0.341 e. The van der Waals surface area contributed by atoms with Crippen LogP contribution in [-0.4, -0.2) is 44.8 Å². The number of hydrogen-bond donors (Lipinski definition) is 1. The van der Waals surface area contributed by atoms with Gasteiger partial charge in [0.1, 0.15) is 15.7 Å². The molecule has 1 N–H and O–H groups in total. The van der Waals surface area contributed by atoms with E-state index in [-0.39, 0.29) is 16.4 Å². The first-order valence-corrected chi connectivity index (χ1v) is 12.7. The van der Waals surface area contributed by atoms with Crippen molar-refractivity contribution in [3.05, 3.63) is 33.6 Å². The Morgan fingerprint density at radius 2 is 1.84 bits per heavy atom. The van der Waals surface area contributed by atoms with Crippen LogP contribution < -0.4 is 5.32 Å². The van der Waals surface area contributed by atoms with Gasteiger partial charge in [-0.2, -0.15) is 4.31 Å². The smallest absolute Gasteiger partial charge is 0.341 e. The Morgan fingerprint density at radius 1 is 1.13 bits per heavy atom. The number of esters is 1. The fourth-order valence-electron chi connectivity index (χ4n) is 4.21. The molecule has 1 aliphatic carbocycles. The second-order valence-corrected chi connectivity index (χ2v) is 10.9. The first-order chi connectivity index (χ1) is 14.8. The molecule has 2 aromatic heterocycles. The van der Waals surface area contributed by atoms with Crippen LogP contribution in [0, 0.1) is 6.92 Å². The van der Waals surface area contributed by atoms with Gasteiger partial charge in [0.25, 0.3) is 5.91 Å². The van der Waals surface area contributed by atoms with E-state index in [1.807, 2.05) is 0 Å². The highest BCUT2D eigenvalue weighted by Gasteiger charge is 2.32. The summed E-state index contributed by atoms with van der Waals surface area (Å²) in [5.74, 6) is -1.00. The van der Waals surface area contributed by atoms with Gasteiger partial charge in [-0.15, -0.1) is 11.3 Å². The number of ether oxygens (including phenoxy) is 1. The summed E-state index contributed by atoms with van der Waals surface area (Å²) in [4.78, 5) is 26.5. The quantitative estimate of drug-likeness (QED) is 0.531. The van der Waals surface area contributed by atoms with Gasteiger partial charge < -0.3 is 14.5 Å². The number of aryl methyl sites for hydroxylation is 2. The van der Waals surface area contributed by atoms with Crippen LogP contribution in [-0.2, 0) is 27.6 Å². The highest BCUT2D eigenvalue weighted by atomic mass is 32.2. The maximum absolute atomic E-state index is 12.9. The van der Waals surface area contributed by atoms with Gasteiger partial charge in [0, 0.05) is 24.0 Å². The lowest BCUT2D eigenvalue weighted by Gasteiger charge is -2.14.